The Hall–Kier alpha value is -0.820. The molecule has 0 aromatic carbocycles. The van der Waals surface area contributed by atoms with Crippen molar-refractivity contribution in [3.05, 3.63) is 35.5 Å². The number of allylic oxidation sites excluding steroid dienone is 4. The fourth-order valence-electron chi connectivity index (χ4n) is 2.28. The van der Waals surface area contributed by atoms with Crippen molar-refractivity contribution in [3.63, 3.8) is 0 Å². The third kappa shape index (κ3) is 2.60. The molecule has 0 saturated carbocycles. The van der Waals surface area contributed by atoms with E-state index < -0.39 is 0 Å². The Morgan fingerprint density at radius 3 is 3.07 bits per heavy atom. The van der Waals surface area contributed by atoms with E-state index in [9.17, 15) is 0 Å². The highest BCUT2D eigenvalue weighted by Crippen LogP contribution is 2.27. The third-order valence-electron chi connectivity index (χ3n) is 3.08. The molecule has 2 rings (SSSR count). The van der Waals surface area contributed by atoms with Crippen LogP contribution >= 0.6 is 0 Å². The summed E-state index contributed by atoms with van der Waals surface area (Å²) in [4.78, 5) is 0. The second kappa shape index (κ2) is 4.80. The molecule has 0 spiro atoms. The van der Waals surface area contributed by atoms with Crippen LogP contribution in [0.3, 0.4) is 0 Å². The Labute approximate surface area is 92.5 Å². The molecule has 1 heteroatoms. The van der Waals surface area contributed by atoms with Crippen LogP contribution in [-0.4, -0.2) is 13.2 Å². The second-order valence-electron chi connectivity index (χ2n) is 4.58. The van der Waals surface area contributed by atoms with Gasteiger partial charge in [-0.15, -0.1) is 0 Å². The van der Waals surface area contributed by atoms with Crippen molar-refractivity contribution >= 4 is 0 Å². The Bertz CT molecular complexity index is 309. The molecule has 2 atom stereocenters. The van der Waals surface area contributed by atoms with E-state index in [0.29, 0.717) is 11.8 Å². The summed E-state index contributed by atoms with van der Waals surface area (Å²) in [5.41, 5.74) is 2.94. The zero-order valence-electron chi connectivity index (χ0n) is 9.70. The molecule has 0 unspecified atom stereocenters. The van der Waals surface area contributed by atoms with Crippen molar-refractivity contribution < 1.29 is 4.74 Å². The SMILES string of the molecule is CCCC1=C/[C@H](C)C=C[C@@H]2COC\C2=C\1. The lowest BCUT2D eigenvalue weighted by Gasteiger charge is -2.12. The number of hydrogen-bond acceptors (Lipinski definition) is 1. The van der Waals surface area contributed by atoms with Crippen molar-refractivity contribution in [2.45, 2.75) is 26.7 Å². The van der Waals surface area contributed by atoms with E-state index in [-0.39, 0.29) is 0 Å². The molecule has 1 nitrogen and oxygen atoms in total. The lowest BCUT2D eigenvalue weighted by Crippen LogP contribution is -2.02. The first-order chi connectivity index (χ1) is 7.29. The minimum Gasteiger partial charge on any atom is -0.376 e. The number of fused-ring (bicyclic) bond motifs is 1. The molecule has 0 aromatic rings. The Morgan fingerprint density at radius 1 is 1.40 bits per heavy atom. The topological polar surface area (TPSA) is 9.23 Å². The predicted octanol–water partition coefficient (Wildman–Crippen LogP) is 3.49. The molecular formula is C14H20O. The van der Waals surface area contributed by atoms with Gasteiger partial charge in [0.15, 0.2) is 0 Å². The summed E-state index contributed by atoms with van der Waals surface area (Å²) in [5, 5.41) is 0. The highest BCUT2D eigenvalue weighted by molar-refractivity contribution is 5.32. The van der Waals surface area contributed by atoms with Crippen LogP contribution in [0.4, 0.5) is 0 Å². The van der Waals surface area contributed by atoms with Crippen molar-refractivity contribution in [3.8, 4) is 0 Å². The summed E-state index contributed by atoms with van der Waals surface area (Å²) in [6, 6.07) is 0. The lowest BCUT2D eigenvalue weighted by atomic mass is 9.92. The molecule has 0 N–H and O–H groups in total. The molecule has 0 radical (unpaired) electrons. The van der Waals surface area contributed by atoms with Crippen LogP contribution in [-0.2, 0) is 4.74 Å². The van der Waals surface area contributed by atoms with Gasteiger partial charge in [-0.1, -0.05) is 50.1 Å². The van der Waals surface area contributed by atoms with Crippen molar-refractivity contribution in [2.75, 3.05) is 13.2 Å². The number of ether oxygens (including phenoxy) is 1. The summed E-state index contributed by atoms with van der Waals surface area (Å²) in [6.07, 6.45) is 11.8. The maximum absolute atomic E-state index is 5.52. The first kappa shape index (κ1) is 10.7. The van der Waals surface area contributed by atoms with Gasteiger partial charge >= 0.3 is 0 Å². The lowest BCUT2D eigenvalue weighted by molar-refractivity contribution is 0.195. The van der Waals surface area contributed by atoms with Gasteiger partial charge in [-0.3, -0.25) is 0 Å². The monoisotopic (exact) mass is 204 g/mol. The van der Waals surface area contributed by atoms with E-state index in [1.807, 2.05) is 0 Å². The third-order valence-corrected chi connectivity index (χ3v) is 3.08. The summed E-state index contributed by atoms with van der Waals surface area (Å²) in [5.74, 6) is 1.10. The summed E-state index contributed by atoms with van der Waals surface area (Å²) < 4.78 is 5.52. The van der Waals surface area contributed by atoms with Crippen molar-refractivity contribution in [1.29, 1.82) is 0 Å². The van der Waals surface area contributed by atoms with Gasteiger partial charge in [0.05, 0.1) is 13.2 Å². The van der Waals surface area contributed by atoms with Crippen LogP contribution in [0.25, 0.3) is 0 Å². The summed E-state index contributed by atoms with van der Waals surface area (Å²) in [6.45, 7) is 6.18. The first-order valence-corrected chi connectivity index (χ1v) is 5.97. The zero-order chi connectivity index (χ0) is 10.7. The van der Waals surface area contributed by atoms with Gasteiger partial charge < -0.3 is 4.74 Å². The highest BCUT2D eigenvalue weighted by Gasteiger charge is 2.20. The molecule has 1 fully saturated rings. The van der Waals surface area contributed by atoms with Crippen LogP contribution < -0.4 is 0 Å². The van der Waals surface area contributed by atoms with Crippen LogP contribution in [0.2, 0.25) is 0 Å². The standard InChI is InChI=1S/C14H20O/c1-3-4-12-7-11(2)5-6-13-9-15-10-14(13)8-12/h5-8,11,13H,3-4,9-10H2,1-2H3/b6-5?,12-7-,14-8-/t11-,13-/m1/s1. The Balaban J connectivity index is 2.25. The molecule has 0 amide bonds. The number of rotatable bonds is 2. The molecule has 0 bridgehead atoms. The predicted molar refractivity (Wildman–Crippen MR) is 63.7 cm³/mol. The van der Waals surface area contributed by atoms with Gasteiger partial charge in [0, 0.05) is 5.92 Å². The van der Waals surface area contributed by atoms with Crippen LogP contribution in [0, 0.1) is 11.8 Å². The molecule has 1 saturated heterocycles. The van der Waals surface area contributed by atoms with Gasteiger partial charge in [-0.2, -0.15) is 0 Å². The van der Waals surface area contributed by atoms with E-state index in [2.05, 4.69) is 38.2 Å². The smallest absolute Gasteiger partial charge is 0.0686 e. The minimum absolute atomic E-state index is 0.535. The Kier molecular flexibility index (Phi) is 3.42. The van der Waals surface area contributed by atoms with Crippen molar-refractivity contribution in [2.24, 2.45) is 11.8 Å². The van der Waals surface area contributed by atoms with E-state index in [0.717, 1.165) is 13.2 Å². The maximum atomic E-state index is 5.52. The minimum atomic E-state index is 0.535. The van der Waals surface area contributed by atoms with E-state index in [1.165, 1.54) is 24.0 Å². The van der Waals surface area contributed by atoms with Crippen LogP contribution in [0.15, 0.2) is 35.5 Å². The fourth-order valence-corrected chi connectivity index (χ4v) is 2.28. The average Bonchev–Trinajstić information content (AvgIpc) is 2.60. The largest absolute Gasteiger partial charge is 0.376 e. The quantitative estimate of drug-likeness (QED) is 0.626. The molecule has 1 heterocycles. The molecule has 15 heavy (non-hydrogen) atoms. The fraction of sp³-hybridized carbons (Fsp3) is 0.571. The molecule has 1 aliphatic heterocycles. The van der Waals surface area contributed by atoms with Gasteiger partial charge in [-0.25, -0.2) is 0 Å². The molecule has 82 valence electrons. The van der Waals surface area contributed by atoms with E-state index >= 15 is 0 Å². The van der Waals surface area contributed by atoms with Gasteiger partial charge in [0.2, 0.25) is 0 Å². The molecule has 1 aliphatic carbocycles. The van der Waals surface area contributed by atoms with E-state index in [1.54, 1.807) is 0 Å². The average molecular weight is 204 g/mol. The maximum Gasteiger partial charge on any atom is 0.0686 e. The molecule has 2 aliphatic rings. The Morgan fingerprint density at radius 2 is 2.27 bits per heavy atom. The molecule has 0 aromatic heterocycles. The van der Waals surface area contributed by atoms with Gasteiger partial charge in [0.1, 0.15) is 0 Å². The van der Waals surface area contributed by atoms with E-state index in [4.69, 9.17) is 4.74 Å². The first-order valence-electron chi connectivity index (χ1n) is 5.97. The van der Waals surface area contributed by atoms with Gasteiger partial charge in [0.25, 0.3) is 0 Å². The highest BCUT2D eigenvalue weighted by atomic mass is 16.5. The summed E-state index contributed by atoms with van der Waals surface area (Å²) >= 11 is 0. The number of hydrogen-bond donors (Lipinski definition) is 0. The van der Waals surface area contributed by atoms with Gasteiger partial charge in [-0.05, 0) is 17.9 Å². The van der Waals surface area contributed by atoms with Crippen LogP contribution in [0.1, 0.15) is 26.7 Å². The molecular weight excluding hydrogens is 184 g/mol. The normalized spacial score (nSPS) is 37.2. The second-order valence-corrected chi connectivity index (χ2v) is 4.58. The zero-order valence-corrected chi connectivity index (χ0v) is 9.70. The van der Waals surface area contributed by atoms with Crippen LogP contribution in [0.5, 0.6) is 0 Å². The van der Waals surface area contributed by atoms with Crippen molar-refractivity contribution in [1.82, 2.24) is 0 Å². The summed E-state index contributed by atoms with van der Waals surface area (Å²) in [7, 11) is 0.